The molecule has 0 amide bonds. The van der Waals surface area contributed by atoms with Crippen molar-refractivity contribution in [3.63, 3.8) is 0 Å². The van der Waals surface area contributed by atoms with Gasteiger partial charge in [0.2, 0.25) is 0 Å². The van der Waals surface area contributed by atoms with Gasteiger partial charge in [0.05, 0.1) is 12.5 Å². The first kappa shape index (κ1) is 16.0. The Morgan fingerprint density at radius 2 is 1.86 bits per heavy atom. The fourth-order valence-electron chi connectivity index (χ4n) is 3.28. The summed E-state index contributed by atoms with van der Waals surface area (Å²) in [6.45, 7) is 10.9. The highest BCUT2D eigenvalue weighted by molar-refractivity contribution is 5.74. The van der Waals surface area contributed by atoms with Crippen LogP contribution in [-0.2, 0) is 16.0 Å². The topological polar surface area (TPSA) is 38.3 Å². The van der Waals surface area contributed by atoms with Crippen LogP contribution in [-0.4, -0.2) is 23.7 Å². The van der Waals surface area contributed by atoms with Crippen molar-refractivity contribution in [2.24, 2.45) is 5.92 Å². The number of rotatable bonds is 4. The van der Waals surface area contributed by atoms with Crippen molar-refractivity contribution in [1.29, 1.82) is 0 Å². The molecule has 0 aliphatic carbocycles. The molecule has 0 aromatic heterocycles. The van der Waals surface area contributed by atoms with Crippen LogP contribution in [0.1, 0.15) is 45.2 Å². The van der Waals surface area contributed by atoms with Crippen LogP contribution in [0.15, 0.2) is 24.3 Å². The Hall–Kier alpha value is -1.35. The molecule has 1 atom stereocenters. The minimum absolute atomic E-state index is 0.00978. The van der Waals surface area contributed by atoms with Gasteiger partial charge in [-0.2, -0.15) is 0 Å². The van der Waals surface area contributed by atoms with Crippen LogP contribution in [0.2, 0.25) is 0 Å². The Labute approximate surface area is 128 Å². The lowest BCUT2D eigenvalue weighted by Crippen LogP contribution is -2.46. The molecule has 1 aliphatic heterocycles. The SMILES string of the molecule is Cc1ccc(CCOC(=O)C2CC(C)(C)NC2(C)C)cc1. The van der Waals surface area contributed by atoms with Crippen LogP contribution < -0.4 is 5.32 Å². The molecule has 1 fully saturated rings. The molecule has 116 valence electrons. The quantitative estimate of drug-likeness (QED) is 0.865. The Kier molecular flexibility index (Phi) is 4.43. The maximum Gasteiger partial charge on any atom is 0.310 e. The Bertz CT molecular complexity index is 502. The normalized spacial score (nSPS) is 23.0. The first-order valence-electron chi connectivity index (χ1n) is 7.71. The molecule has 1 aromatic carbocycles. The average molecular weight is 289 g/mol. The number of hydrogen-bond donors (Lipinski definition) is 1. The third-order valence-corrected chi connectivity index (χ3v) is 4.29. The third kappa shape index (κ3) is 4.07. The molecule has 3 nitrogen and oxygen atoms in total. The molecule has 3 heteroatoms. The van der Waals surface area contributed by atoms with E-state index in [2.05, 4.69) is 64.2 Å². The fraction of sp³-hybridized carbons (Fsp3) is 0.611. The van der Waals surface area contributed by atoms with Crippen LogP contribution in [0.3, 0.4) is 0 Å². The largest absolute Gasteiger partial charge is 0.465 e. The van der Waals surface area contributed by atoms with Gasteiger partial charge in [-0.1, -0.05) is 29.8 Å². The first-order chi connectivity index (χ1) is 9.70. The van der Waals surface area contributed by atoms with Crippen molar-refractivity contribution >= 4 is 5.97 Å². The highest BCUT2D eigenvalue weighted by Gasteiger charge is 2.48. The second-order valence-corrected chi connectivity index (χ2v) is 7.39. The second kappa shape index (κ2) is 5.80. The van der Waals surface area contributed by atoms with Crippen molar-refractivity contribution < 1.29 is 9.53 Å². The lowest BCUT2D eigenvalue weighted by Gasteiger charge is -2.27. The van der Waals surface area contributed by atoms with Gasteiger partial charge in [-0.25, -0.2) is 0 Å². The van der Waals surface area contributed by atoms with E-state index in [4.69, 9.17) is 4.74 Å². The van der Waals surface area contributed by atoms with Crippen LogP contribution in [0, 0.1) is 12.8 Å². The van der Waals surface area contributed by atoms with E-state index < -0.39 is 0 Å². The molecule has 0 bridgehead atoms. The van der Waals surface area contributed by atoms with Gasteiger partial charge in [-0.15, -0.1) is 0 Å². The number of benzene rings is 1. The van der Waals surface area contributed by atoms with Gasteiger partial charge in [0, 0.05) is 17.5 Å². The summed E-state index contributed by atoms with van der Waals surface area (Å²) in [7, 11) is 0. The molecular formula is C18H27NO2. The second-order valence-electron chi connectivity index (χ2n) is 7.39. The van der Waals surface area contributed by atoms with Crippen LogP contribution >= 0.6 is 0 Å². The van der Waals surface area contributed by atoms with E-state index in [9.17, 15) is 4.79 Å². The highest BCUT2D eigenvalue weighted by atomic mass is 16.5. The monoisotopic (exact) mass is 289 g/mol. The minimum Gasteiger partial charge on any atom is -0.465 e. The van der Waals surface area contributed by atoms with Crippen molar-refractivity contribution in [1.82, 2.24) is 5.32 Å². The molecule has 1 saturated heterocycles. The van der Waals surface area contributed by atoms with Crippen LogP contribution in [0.5, 0.6) is 0 Å². The molecule has 0 radical (unpaired) electrons. The summed E-state index contributed by atoms with van der Waals surface area (Å²) in [6, 6.07) is 8.36. The fourth-order valence-corrected chi connectivity index (χ4v) is 3.28. The summed E-state index contributed by atoms with van der Waals surface area (Å²) in [4.78, 5) is 12.3. The van der Waals surface area contributed by atoms with E-state index >= 15 is 0 Å². The van der Waals surface area contributed by atoms with Crippen molar-refractivity contribution in [2.45, 2.75) is 58.5 Å². The summed E-state index contributed by atoms with van der Waals surface area (Å²) >= 11 is 0. The summed E-state index contributed by atoms with van der Waals surface area (Å²) in [6.07, 6.45) is 1.60. The van der Waals surface area contributed by atoms with Gasteiger partial charge in [-0.3, -0.25) is 4.79 Å². The van der Waals surface area contributed by atoms with Gasteiger partial charge < -0.3 is 10.1 Å². The van der Waals surface area contributed by atoms with E-state index in [0.717, 1.165) is 12.8 Å². The van der Waals surface area contributed by atoms with Crippen LogP contribution in [0.25, 0.3) is 0 Å². The number of ether oxygens (including phenoxy) is 1. The maximum absolute atomic E-state index is 12.3. The predicted octanol–water partition coefficient (Wildman–Crippen LogP) is 3.25. The molecule has 1 N–H and O–H groups in total. The van der Waals surface area contributed by atoms with Gasteiger partial charge >= 0.3 is 5.97 Å². The molecule has 21 heavy (non-hydrogen) atoms. The van der Waals surface area contributed by atoms with Crippen molar-refractivity contribution in [3.05, 3.63) is 35.4 Å². The Morgan fingerprint density at radius 3 is 2.38 bits per heavy atom. The number of aryl methyl sites for hydroxylation is 1. The molecule has 1 unspecified atom stereocenters. The zero-order valence-electron chi connectivity index (χ0n) is 13.8. The summed E-state index contributed by atoms with van der Waals surface area (Å²) in [5.74, 6) is -0.157. The highest BCUT2D eigenvalue weighted by Crippen LogP contribution is 2.36. The first-order valence-corrected chi connectivity index (χ1v) is 7.71. The van der Waals surface area contributed by atoms with Gasteiger partial charge in [0.1, 0.15) is 0 Å². The zero-order chi connectivity index (χ0) is 15.7. The smallest absolute Gasteiger partial charge is 0.310 e. The Balaban J connectivity index is 1.86. The van der Waals surface area contributed by atoms with E-state index in [-0.39, 0.29) is 23.0 Å². The molecule has 2 rings (SSSR count). The number of carbonyl (C=O) groups excluding carboxylic acids is 1. The summed E-state index contributed by atoms with van der Waals surface area (Å²) < 4.78 is 5.51. The summed E-state index contributed by atoms with van der Waals surface area (Å²) in [5, 5.41) is 3.51. The Morgan fingerprint density at radius 1 is 1.24 bits per heavy atom. The van der Waals surface area contributed by atoms with Crippen molar-refractivity contribution in [2.75, 3.05) is 6.61 Å². The van der Waals surface area contributed by atoms with E-state index in [1.54, 1.807) is 0 Å². The lowest BCUT2D eigenvalue weighted by atomic mass is 9.87. The minimum atomic E-state index is -0.204. The van der Waals surface area contributed by atoms with E-state index in [0.29, 0.717) is 6.61 Å². The molecule has 1 aromatic rings. The molecule has 1 aliphatic rings. The lowest BCUT2D eigenvalue weighted by molar-refractivity contribution is -0.150. The number of hydrogen-bond acceptors (Lipinski definition) is 3. The molecule has 1 heterocycles. The number of carbonyl (C=O) groups is 1. The van der Waals surface area contributed by atoms with Gasteiger partial charge in [0.15, 0.2) is 0 Å². The standard InChI is InChI=1S/C18H27NO2/c1-13-6-8-14(9-7-13)10-11-21-16(20)15-12-17(2,3)19-18(15,4)5/h6-9,15,19H,10-12H2,1-5H3. The van der Waals surface area contributed by atoms with E-state index in [1.807, 2.05) is 0 Å². The van der Waals surface area contributed by atoms with E-state index in [1.165, 1.54) is 11.1 Å². The van der Waals surface area contributed by atoms with Crippen LogP contribution in [0.4, 0.5) is 0 Å². The average Bonchev–Trinajstić information content (AvgIpc) is 2.60. The van der Waals surface area contributed by atoms with Gasteiger partial charge in [0.25, 0.3) is 0 Å². The summed E-state index contributed by atoms with van der Waals surface area (Å²) in [5.41, 5.74) is 2.24. The number of esters is 1. The molecule has 0 saturated carbocycles. The third-order valence-electron chi connectivity index (χ3n) is 4.29. The number of nitrogens with one attached hydrogen (secondary N) is 1. The van der Waals surface area contributed by atoms with Gasteiger partial charge in [-0.05, 0) is 46.6 Å². The maximum atomic E-state index is 12.3. The van der Waals surface area contributed by atoms with Crippen molar-refractivity contribution in [3.8, 4) is 0 Å². The predicted molar refractivity (Wildman–Crippen MR) is 85.2 cm³/mol. The molecule has 0 spiro atoms. The molecular weight excluding hydrogens is 262 g/mol. The zero-order valence-corrected chi connectivity index (χ0v) is 13.8.